The molecule has 6 heteroatoms. The molecule has 1 amide bonds. The number of aryl methyl sites for hydroxylation is 1. The zero-order valence-corrected chi connectivity index (χ0v) is 13.3. The Bertz CT molecular complexity index is 620. The Hall–Kier alpha value is -2.37. The molecule has 0 aliphatic heterocycles. The molecule has 0 spiro atoms. The fourth-order valence-corrected chi connectivity index (χ4v) is 1.71. The van der Waals surface area contributed by atoms with Crippen LogP contribution in [0.25, 0.3) is 0 Å². The Kier molecular flexibility index (Phi) is 5.14. The molecule has 0 aliphatic rings. The van der Waals surface area contributed by atoms with Gasteiger partial charge in [0, 0.05) is 18.5 Å². The molecule has 0 saturated heterocycles. The minimum Gasteiger partial charge on any atom is -0.485 e. The maximum Gasteiger partial charge on any atom is 0.251 e. The average molecular weight is 303 g/mol. The van der Waals surface area contributed by atoms with Crippen molar-refractivity contribution in [2.24, 2.45) is 5.92 Å². The van der Waals surface area contributed by atoms with E-state index in [2.05, 4.69) is 29.3 Å². The number of aromatic nitrogens is 2. The van der Waals surface area contributed by atoms with Gasteiger partial charge in [-0.1, -0.05) is 19.0 Å². The summed E-state index contributed by atoms with van der Waals surface area (Å²) in [5, 5.41) is 6.71. The highest BCUT2D eigenvalue weighted by molar-refractivity contribution is 5.94. The fraction of sp³-hybridized carbons (Fsp3) is 0.438. The van der Waals surface area contributed by atoms with Gasteiger partial charge in [-0.3, -0.25) is 4.79 Å². The predicted molar refractivity (Wildman–Crippen MR) is 81.6 cm³/mol. The topological polar surface area (TPSA) is 77.2 Å². The molecule has 2 rings (SSSR count). The Morgan fingerprint density at radius 2 is 1.95 bits per heavy atom. The molecule has 0 bridgehead atoms. The normalized spacial score (nSPS) is 12.2. The van der Waals surface area contributed by atoms with Crippen molar-refractivity contribution in [2.75, 3.05) is 0 Å². The minimum absolute atomic E-state index is 0.0819. The summed E-state index contributed by atoms with van der Waals surface area (Å²) in [4.78, 5) is 16.1. The quantitative estimate of drug-likeness (QED) is 0.888. The van der Waals surface area contributed by atoms with Crippen LogP contribution in [0.2, 0.25) is 0 Å². The van der Waals surface area contributed by atoms with E-state index in [1.807, 2.05) is 6.92 Å². The van der Waals surface area contributed by atoms with Gasteiger partial charge in [0.05, 0.1) is 0 Å². The molecule has 22 heavy (non-hydrogen) atoms. The number of benzene rings is 1. The summed E-state index contributed by atoms with van der Waals surface area (Å²) in [7, 11) is 0. The molecule has 1 aromatic heterocycles. The number of hydrogen-bond donors (Lipinski definition) is 1. The van der Waals surface area contributed by atoms with Gasteiger partial charge in [-0.2, -0.15) is 4.98 Å². The number of nitrogens with zero attached hydrogens (tertiary/aromatic N) is 2. The maximum absolute atomic E-state index is 12.1. The number of rotatable bonds is 6. The van der Waals surface area contributed by atoms with Crippen LogP contribution in [0.4, 0.5) is 0 Å². The molecule has 6 nitrogen and oxygen atoms in total. The zero-order chi connectivity index (χ0) is 16.1. The Morgan fingerprint density at radius 1 is 1.27 bits per heavy atom. The lowest BCUT2D eigenvalue weighted by Gasteiger charge is -2.17. The van der Waals surface area contributed by atoms with Crippen molar-refractivity contribution in [3.63, 3.8) is 0 Å². The van der Waals surface area contributed by atoms with Crippen molar-refractivity contribution in [1.82, 2.24) is 15.5 Å². The smallest absolute Gasteiger partial charge is 0.251 e. The van der Waals surface area contributed by atoms with Crippen LogP contribution in [-0.4, -0.2) is 22.1 Å². The number of nitrogens with one attached hydrogen (secondary N) is 1. The number of carbonyl (C=O) groups excluding carboxylic acids is 1. The minimum atomic E-state index is -0.0819. The Balaban J connectivity index is 1.91. The molecular formula is C16H21N3O3. The summed E-state index contributed by atoms with van der Waals surface area (Å²) in [6.07, 6.45) is 0. The Labute approximate surface area is 129 Å². The molecular weight excluding hydrogens is 282 g/mol. The first-order chi connectivity index (χ1) is 10.5. The number of carbonyl (C=O) groups is 1. The molecule has 0 aliphatic carbocycles. The third kappa shape index (κ3) is 4.31. The first-order valence-corrected chi connectivity index (χ1v) is 7.28. The van der Waals surface area contributed by atoms with Gasteiger partial charge in [0.2, 0.25) is 11.7 Å². The van der Waals surface area contributed by atoms with Crippen LogP contribution in [-0.2, 0) is 6.61 Å². The number of ether oxygens (including phenoxy) is 1. The van der Waals surface area contributed by atoms with E-state index in [0.717, 1.165) is 0 Å². The zero-order valence-electron chi connectivity index (χ0n) is 13.3. The van der Waals surface area contributed by atoms with E-state index in [-0.39, 0.29) is 18.6 Å². The van der Waals surface area contributed by atoms with Crippen LogP contribution in [0.3, 0.4) is 0 Å². The van der Waals surface area contributed by atoms with E-state index < -0.39 is 0 Å². The molecule has 1 atom stereocenters. The van der Waals surface area contributed by atoms with Crippen molar-refractivity contribution < 1.29 is 14.1 Å². The van der Waals surface area contributed by atoms with E-state index in [9.17, 15) is 4.79 Å². The van der Waals surface area contributed by atoms with Gasteiger partial charge in [0.25, 0.3) is 5.91 Å². The fourth-order valence-electron chi connectivity index (χ4n) is 1.71. The molecule has 1 N–H and O–H groups in total. The van der Waals surface area contributed by atoms with E-state index in [1.165, 1.54) is 0 Å². The third-order valence-corrected chi connectivity index (χ3v) is 3.41. The molecule has 0 saturated carbocycles. The van der Waals surface area contributed by atoms with Crippen LogP contribution in [0, 0.1) is 12.8 Å². The second-order valence-corrected chi connectivity index (χ2v) is 5.55. The Morgan fingerprint density at radius 3 is 2.50 bits per heavy atom. The second kappa shape index (κ2) is 7.06. The molecule has 118 valence electrons. The van der Waals surface area contributed by atoms with Gasteiger partial charge < -0.3 is 14.6 Å². The highest BCUT2D eigenvalue weighted by atomic mass is 16.5. The predicted octanol–water partition coefficient (Wildman–Crippen LogP) is 2.73. The molecule has 1 aromatic carbocycles. The summed E-state index contributed by atoms with van der Waals surface area (Å²) in [5.74, 6) is 1.96. The summed E-state index contributed by atoms with van der Waals surface area (Å²) >= 11 is 0. The van der Waals surface area contributed by atoms with Gasteiger partial charge in [0.15, 0.2) is 6.61 Å². The van der Waals surface area contributed by atoms with Crippen LogP contribution >= 0.6 is 0 Å². The summed E-state index contributed by atoms with van der Waals surface area (Å²) in [6.45, 7) is 8.09. The van der Waals surface area contributed by atoms with Crippen molar-refractivity contribution in [3.8, 4) is 5.75 Å². The highest BCUT2D eigenvalue weighted by Gasteiger charge is 2.12. The highest BCUT2D eigenvalue weighted by Crippen LogP contribution is 2.14. The van der Waals surface area contributed by atoms with E-state index >= 15 is 0 Å². The first-order valence-electron chi connectivity index (χ1n) is 7.28. The lowest BCUT2D eigenvalue weighted by molar-refractivity contribution is 0.0930. The van der Waals surface area contributed by atoms with E-state index in [1.54, 1.807) is 31.2 Å². The van der Waals surface area contributed by atoms with Gasteiger partial charge in [0.1, 0.15) is 5.75 Å². The lowest BCUT2D eigenvalue weighted by Crippen LogP contribution is -2.36. The molecule has 2 aromatic rings. The molecule has 1 heterocycles. The van der Waals surface area contributed by atoms with Crippen LogP contribution in [0.1, 0.15) is 42.8 Å². The van der Waals surface area contributed by atoms with Gasteiger partial charge in [-0.15, -0.1) is 0 Å². The maximum atomic E-state index is 12.1. The van der Waals surface area contributed by atoms with Gasteiger partial charge >= 0.3 is 0 Å². The SMILES string of the molecule is Cc1nc(COc2ccc(C(=O)N[C@H](C)C(C)C)cc2)no1. The lowest BCUT2D eigenvalue weighted by atomic mass is 10.1. The number of amides is 1. The van der Waals surface area contributed by atoms with Crippen molar-refractivity contribution in [2.45, 2.75) is 40.3 Å². The molecule has 0 unspecified atom stereocenters. The summed E-state index contributed by atoms with van der Waals surface area (Å²) in [6, 6.07) is 7.10. The summed E-state index contributed by atoms with van der Waals surface area (Å²) in [5.41, 5.74) is 0.607. The monoisotopic (exact) mass is 303 g/mol. The van der Waals surface area contributed by atoms with Crippen LogP contribution in [0.5, 0.6) is 5.75 Å². The van der Waals surface area contributed by atoms with E-state index in [4.69, 9.17) is 9.26 Å². The van der Waals surface area contributed by atoms with E-state index in [0.29, 0.717) is 28.9 Å². The van der Waals surface area contributed by atoms with Crippen molar-refractivity contribution in [1.29, 1.82) is 0 Å². The molecule has 0 radical (unpaired) electrons. The van der Waals surface area contributed by atoms with Gasteiger partial charge in [-0.25, -0.2) is 0 Å². The summed E-state index contributed by atoms with van der Waals surface area (Å²) < 4.78 is 10.4. The van der Waals surface area contributed by atoms with Crippen molar-refractivity contribution in [3.05, 3.63) is 41.5 Å². The molecule has 0 fully saturated rings. The van der Waals surface area contributed by atoms with Crippen LogP contribution < -0.4 is 10.1 Å². The second-order valence-electron chi connectivity index (χ2n) is 5.55. The largest absolute Gasteiger partial charge is 0.485 e. The van der Waals surface area contributed by atoms with Gasteiger partial charge in [-0.05, 0) is 37.1 Å². The number of hydrogen-bond acceptors (Lipinski definition) is 5. The van der Waals surface area contributed by atoms with Crippen molar-refractivity contribution >= 4 is 5.91 Å². The average Bonchev–Trinajstić information content (AvgIpc) is 2.91. The standard InChI is InChI=1S/C16H21N3O3/c1-10(2)11(3)17-16(20)13-5-7-14(8-6-13)21-9-15-18-12(4)22-19-15/h5-8,10-11H,9H2,1-4H3,(H,17,20)/t11-/m1/s1. The third-order valence-electron chi connectivity index (χ3n) is 3.41. The van der Waals surface area contributed by atoms with Crippen LogP contribution in [0.15, 0.2) is 28.8 Å². The first kappa shape index (κ1) is 16.0.